The number of nitrogens with two attached hydrogens (primary N) is 1. The molecule has 0 aliphatic carbocycles. The Kier molecular flexibility index (Phi) is 2.18. The molecule has 0 amide bonds. The van der Waals surface area contributed by atoms with Gasteiger partial charge in [0.05, 0.1) is 0 Å². The van der Waals surface area contributed by atoms with Crippen LogP contribution in [0.4, 0.5) is 10.2 Å². The molecule has 3 N–H and O–H groups in total. The number of nitrogens with one attached hydrogen (secondary N) is 1. The van der Waals surface area contributed by atoms with Crippen molar-refractivity contribution in [3.8, 4) is 0 Å². The highest BCUT2D eigenvalue weighted by Crippen LogP contribution is 2.14. The minimum absolute atomic E-state index is 0.0446. The number of pyridine rings is 1. The van der Waals surface area contributed by atoms with Gasteiger partial charge in [-0.25, -0.2) is 15.2 Å². The SMILES string of the molecule is NNc1ncc(Br)cc1F. The molecule has 1 heterocycles. The van der Waals surface area contributed by atoms with E-state index in [1.54, 1.807) is 0 Å². The molecular formula is C5H5BrFN3. The number of hydrogen-bond acceptors (Lipinski definition) is 3. The first-order valence-corrected chi connectivity index (χ1v) is 3.31. The summed E-state index contributed by atoms with van der Waals surface area (Å²) in [7, 11) is 0. The Morgan fingerprint density at radius 2 is 2.40 bits per heavy atom. The molecule has 0 bridgehead atoms. The maximum absolute atomic E-state index is 12.6. The van der Waals surface area contributed by atoms with Gasteiger partial charge in [-0.3, -0.25) is 0 Å². The van der Waals surface area contributed by atoms with Crippen LogP contribution in [-0.4, -0.2) is 4.98 Å². The van der Waals surface area contributed by atoms with Crippen molar-refractivity contribution in [2.24, 2.45) is 5.84 Å². The number of hydrogen-bond donors (Lipinski definition) is 2. The number of rotatable bonds is 1. The third-order valence-corrected chi connectivity index (χ3v) is 1.38. The molecule has 1 aromatic heterocycles. The molecular weight excluding hydrogens is 201 g/mol. The molecule has 54 valence electrons. The van der Waals surface area contributed by atoms with Crippen molar-refractivity contribution >= 4 is 21.7 Å². The van der Waals surface area contributed by atoms with Gasteiger partial charge >= 0.3 is 0 Å². The molecule has 3 nitrogen and oxygen atoms in total. The number of anilines is 1. The second-order valence-corrected chi connectivity index (χ2v) is 2.54. The van der Waals surface area contributed by atoms with E-state index in [2.05, 4.69) is 26.3 Å². The van der Waals surface area contributed by atoms with Gasteiger partial charge in [0.25, 0.3) is 0 Å². The molecule has 0 atom stereocenters. The highest BCUT2D eigenvalue weighted by atomic mass is 79.9. The third-order valence-electron chi connectivity index (χ3n) is 0.945. The van der Waals surface area contributed by atoms with E-state index in [1.807, 2.05) is 0 Å². The standard InChI is InChI=1S/C5H5BrFN3/c6-3-1-4(7)5(10-8)9-2-3/h1-2H,8H2,(H,9,10). The van der Waals surface area contributed by atoms with Gasteiger partial charge in [0.1, 0.15) is 0 Å². The Labute approximate surface area is 65.5 Å². The molecule has 1 aromatic rings. The zero-order chi connectivity index (χ0) is 7.56. The first-order chi connectivity index (χ1) is 4.74. The van der Waals surface area contributed by atoms with Gasteiger partial charge in [-0.05, 0) is 22.0 Å². The molecule has 0 saturated heterocycles. The molecule has 0 radical (unpaired) electrons. The van der Waals surface area contributed by atoms with Crippen LogP contribution in [-0.2, 0) is 0 Å². The number of hydrazine groups is 1. The lowest BCUT2D eigenvalue weighted by molar-refractivity contribution is 0.624. The van der Waals surface area contributed by atoms with Crippen LogP contribution in [0.2, 0.25) is 0 Å². The summed E-state index contributed by atoms with van der Waals surface area (Å²) in [6.45, 7) is 0. The van der Waals surface area contributed by atoms with Gasteiger partial charge < -0.3 is 5.43 Å². The van der Waals surface area contributed by atoms with Crippen LogP contribution in [0.25, 0.3) is 0 Å². The number of halogens is 2. The van der Waals surface area contributed by atoms with Gasteiger partial charge in [0.2, 0.25) is 0 Å². The lowest BCUT2D eigenvalue weighted by Gasteiger charge is -1.98. The molecule has 0 spiro atoms. The van der Waals surface area contributed by atoms with Crippen molar-refractivity contribution < 1.29 is 4.39 Å². The summed E-state index contributed by atoms with van der Waals surface area (Å²) in [6, 6.07) is 1.28. The zero-order valence-corrected chi connectivity index (χ0v) is 6.52. The van der Waals surface area contributed by atoms with E-state index in [0.29, 0.717) is 4.47 Å². The Bertz CT molecular complexity index is 240. The van der Waals surface area contributed by atoms with Crippen LogP contribution < -0.4 is 11.3 Å². The summed E-state index contributed by atoms with van der Waals surface area (Å²) in [6.07, 6.45) is 1.46. The first kappa shape index (κ1) is 7.43. The molecule has 0 saturated carbocycles. The summed E-state index contributed by atoms with van der Waals surface area (Å²) in [5.74, 6) is 4.50. The smallest absolute Gasteiger partial charge is 0.176 e. The normalized spacial score (nSPS) is 9.50. The van der Waals surface area contributed by atoms with Crippen LogP contribution >= 0.6 is 15.9 Å². The zero-order valence-electron chi connectivity index (χ0n) is 4.94. The van der Waals surface area contributed by atoms with Crippen molar-refractivity contribution in [3.63, 3.8) is 0 Å². The maximum Gasteiger partial charge on any atom is 0.176 e. The molecule has 0 aliphatic heterocycles. The van der Waals surface area contributed by atoms with Crippen molar-refractivity contribution in [1.82, 2.24) is 4.98 Å². The fraction of sp³-hybridized carbons (Fsp3) is 0. The highest BCUT2D eigenvalue weighted by molar-refractivity contribution is 9.10. The van der Waals surface area contributed by atoms with E-state index >= 15 is 0 Å². The molecule has 0 fully saturated rings. The van der Waals surface area contributed by atoms with Crippen molar-refractivity contribution in [2.45, 2.75) is 0 Å². The minimum Gasteiger partial charge on any atom is -0.306 e. The Balaban J connectivity index is 3.07. The van der Waals surface area contributed by atoms with E-state index in [9.17, 15) is 4.39 Å². The second-order valence-electron chi connectivity index (χ2n) is 1.63. The van der Waals surface area contributed by atoms with Gasteiger partial charge in [0.15, 0.2) is 11.6 Å². The molecule has 5 heteroatoms. The molecule has 0 aliphatic rings. The molecule has 1 rings (SSSR count). The predicted octanol–water partition coefficient (Wildman–Crippen LogP) is 1.27. The van der Waals surface area contributed by atoms with E-state index in [-0.39, 0.29) is 5.82 Å². The monoisotopic (exact) mass is 205 g/mol. The van der Waals surface area contributed by atoms with Crippen LogP contribution in [0.3, 0.4) is 0 Å². The van der Waals surface area contributed by atoms with E-state index in [4.69, 9.17) is 5.84 Å². The topological polar surface area (TPSA) is 50.9 Å². The van der Waals surface area contributed by atoms with Gasteiger partial charge in [0, 0.05) is 10.7 Å². The van der Waals surface area contributed by atoms with E-state index in [1.165, 1.54) is 12.3 Å². The molecule has 0 aromatic carbocycles. The average Bonchev–Trinajstić information content (AvgIpc) is 1.88. The Hall–Kier alpha value is -0.680. The van der Waals surface area contributed by atoms with Crippen LogP contribution in [0.5, 0.6) is 0 Å². The van der Waals surface area contributed by atoms with Gasteiger partial charge in [-0.1, -0.05) is 0 Å². The highest BCUT2D eigenvalue weighted by Gasteiger charge is 2.00. The summed E-state index contributed by atoms with van der Waals surface area (Å²) in [5.41, 5.74) is 2.12. The summed E-state index contributed by atoms with van der Waals surface area (Å²) >= 11 is 3.05. The minimum atomic E-state index is -0.475. The lowest BCUT2D eigenvalue weighted by Crippen LogP contribution is -2.10. The lowest BCUT2D eigenvalue weighted by atomic mass is 10.4. The molecule has 10 heavy (non-hydrogen) atoms. The van der Waals surface area contributed by atoms with Crippen LogP contribution in [0.1, 0.15) is 0 Å². The van der Waals surface area contributed by atoms with Crippen molar-refractivity contribution in [3.05, 3.63) is 22.6 Å². The largest absolute Gasteiger partial charge is 0.306 e. The van der Waals surface area contributed by atoms with E-state index < -0.39 is 5.82 Å². The number of aromatic nitrogens is 1. The average molecular weight is 206 g/mol. The second kappa shape index (κ2) is 2.94. The van der Waals surface area contributed by atoms with Gasteiger partial charge in [-0.15, -0.1) is 0 Å². The van der Waals surface area contributed by atoms with Crippen molar-refractivity contribution in [1.29, 1.82) is 0 Å². The molecule has 0 unspecified atom stereocenters. The summed E-state index contributed by atoms with van der Waals surface area (Å²) in [4.78, 5) is 3.64. The van der Waals surface area contributed by atoms with Crippen LogP contribution in [0, 0.1) is 5.82 Å². The van der Waals surface area contributed by atoms with E-state index in [0.717, 1.165) is 0 Å². The van der Waals surface area contributed by atoms with Crippen LogP contribution in [0.15, 0.2) is 16.7 Å². The maximum atomic E-state index is 12.6. The predicted molar refractivity (Wildman–Crippen MR) is 39.7 cm³/mol. The quantitative estimate of drug-likeness (QED) is 0.537. The fourth-order valence-electron chi connectivity index (χ4n) is 0.521. The van der Waals surface area contributed by atoms with Gasteiger partial charge in [-0.2, -0.15) is 0 Å². The third kappa shape index (κ3) is 1.43. The Morgan fingerprint density at radius 1 is 1.70 bits per heavy atom. The first-order valence-electron chi connectivity index (χ1n) is 2.51. The fourth-order valence-corrected chi connectivity index (χ4v) is 0.824. The number of nitrogen functional groups attached to an aromatic ring is 1. The summed E-state index contributed by atoms with van der Waals surface area (Å²) < 4.78 is 13.2. The Morgan fingerprint density at radius 3 is 2.90 bits per heavy atom. The number of nitrogens with zero attached hydrogens (tertiary/aromatic N) is 1. The summed E-state index contributed by atoms with van der Waals surface area (Å²) in [5, 5.41) is 0. The van der Waals surface area contributed by atoms with Crippen molar-refractivity contribution in [2.75, 3.05) is 5.43 Å².